The van der Waals surface area contributed by atoms with E-state index in [1.165, 1.54) is 25.8 Å². The zero-order valence-corrected chi connectivity index (χ0v) is 9.39. The van der Waals surface area contributed by atoms with Crippen molar-refractivity contribution in [3.05, 3.63) is 24.0 Å². The summed E-state index contributed by atoms with van der Waals surface area (Å²) in [5.74, 6) is 6.34. The van der Waals surface area contributed by atoms with E-state index in [-0.39, 0.29) is 0 Å². The fourth-order valence-electron chi connectivity index (χ4n) is 3.08. The van der Waals surface area contributed by atoms with E-state index in [0.29, 0.717) is 0 Å². The zero-order valence-electron chi connectivity index (χ0n) is 9.39. The minimum absolute atomic E-state index is 0.807. The highest BCUT2D eigenvalue weighted by atomic mass is 15.2. The van der Waals surface area contributed by atoms with E-state index in [9.17, 15) is 0 Å². The average Bonchev–Trinajstić information content (AvgIpc) is 2.91. The standard InChI is InChI=1S/C12H18N4/c13-15-10-3-4-14-11(6-10)8-16-7-9-1-2-12(16)5-9/h3-4,6,9,12H,1-2,5,7-8,13H2,(H,14,15). The van der Waals surface area contributed by atoms with E-state index in [1.54, 1.807) is 0 Å². The molecule has 4 nitrogen and oxygen atoms in total. The molecule has 2 aliphatic rings. The van der Waals surface area contributed by atoms with Crippen LogP contribution in [0.5, 0.6) is 0 Å². The molecule has 0 spiro atoms. The van der Waals surface area contributed by atoms with Gasteiger partial charge in [0.15, 0.2) is 0 Å². The molecule has 1 aliphatic carbocycles. The summed E-state index contributed by atoms with van der Waals surface area (Å²) in [6.45, 7) is 2.23. The lowest BCUT2D eigenvalue weighted by molar-refractivity contribution is 0.203. The Bertz CT molecular complexity index is 379. The highest BCUT2D eigenvalue weighted by Crippen LogP contribution is 2.37. The van der Waals surface area contributed by atoms with Crippen molar-refractivity contribution < 1.29 is 0 Å². The Kier molecular flexibility index (Phi) is 2.53. The Morgan fingerprint density at radius 3 is 3.12 bits per heavy atom. The molecule has 0 aromatic carbocycles. The number of likely N-dealkylation sites (tertiary alicyclic amines) is 1. The Morgan fingerprint density at radius 2 is 2.44 bits per heavy atom. The smallest absolute Gasteiger partial charge is 0.0565 e. The summed E-state index contributed by atoms with van der Waals surface area (Å²) >= 11 is 0. The van der Waals surface area contributed by atoms with Crippen LogP contribution in [0, 0.1) is 5.92 Å². The van der Waals surface area contributed by atoms with Crippen LogP contribution in [0.1, 0.15) is 25.0 Å². The molecule has 16 heavy (non-hydrogen) atoms. The molecule has 4 heteroatoms. The first kappa shape index (κ1) is 10.1. The molecule has 3 N–H and O–H groups in total. The van der Waals surface area contributed by atoms with Crippen LogP contribution in [0.3, 0.4) is 0 Å². The molecule has 2 fully saturated rings. The summed E-state index contributed by atoms with van der Waals surface area (Å²) < 4.78 is 0. The number of aromatic nitrogens is 1. The molecule has 1 aromatic heterocycles. The number of piperidine rings is 1. The number of nitrogens with one attached hydrogen (secondary N) is 1. The van der Waals surface area contributed by atoms with E-state index in [1.807, 2.05) is 18.3 Å². The molecule has 0 radical (unpaired) electrons. The van der Waals surface area contributed by atoms with Crippen molar-refractivity contribution in [2.24, 2.45) is 11.8 Å². The second-order valence-corrected chi connectivity index (χ2v) is 4.94. The Labute approximate surface area is 95.8 Å². The third kappa shape index (κ3) is 1.79. The normalized spacial score (nSPS) is 28.6. The van der Waals surface area contributed by atoms with Gasteiger partial charge in [0.2, 0.25) is 0 Å². The maximum atomic E-state index is 5.40. The van der Waals surface area contributed by atoms with Gasteiger partial charge in [0, 0.05) is 25.3 Å². The van der Waals surface area contributed by atoms with Gasteiger partial charge in [-0.25, -0.2) is 0 Å². The van der Waals surface area contributed by atoms with Gasteiger partial charge in [-0.15, -0.1) is 0 Å². The molecule has 1 aromatic rings. The molecule has 2 heterocycles. The minimum atomic E-state index is 0.807. The van der Waals surface area contributed by atoms with Gasteiger partial charge in [0.25, 0.3) is 0 Å². The summed E-state index contributed by atoms with van der Waals surface area (Å²) in [5, 5.41) is 0. The van der Waals surface area contributed by atoms with E-state index in [2.05, 4.69) is 15.3 Å². The van der Waals surface area contributed by atoms with Crippen molar-refractivity contribution in [3.8, 4) is 0 Å². The predicted molar refractivity (Wildman–Crippen MR) is 63.6 cm³/mol. The lowest BCUT2D eigenvalue weighted by atomic mass is 10.1. The van der Waals surface area contributed by atoms with Crippen LogP contribution >= 0.6 is 0 Å². The van der Waals surface area contributed by atoms with Gasteiger partial charge in [-0.05, 0) is 37.3 Å². The number of fused-ring (bicyclic) bond motifs is 2. The number of pyridine rings is 1. The van der Waals surface area contributed by atoms with Gasteiger partial charge in [0.1, 0.15) is 0 Å². The number of nitrogens with zero attached hydrogens (tertiary/aromatic N) is 2. The van der Waals surface area contributed by atoms with Gasteiger partial charge in [-0.1, -0.05) is 0 Å². The van der Waals surface area contributed by atoms with Crippen molar-refractivity contribution in [2.45, 2.75) is 31.8 Å². The molecule has 1 saturated heterocycles. The van der Waals surface area contributed by atoms with Crippen LogP contribution < -0.4 is 11.3 Å². The number of nitrogen functional groups attached to an aromatic ring is 1. The monoisotopic (exact) mass is 218 g/mol. The summed E-state index contributed by atoms with van der Waals surface area (Å²) in [6.07, 6.45) is 6.02. The number of nitrogens with two attached hydrogens (primary N) is 1. The van der Waals surface area contributed by atoms with Crippen molar-refractivity contribution in [2.75, 3.05) is 12.0 Å². The molecular formula is C12H18N4. The average molecular weight is 218 g/mol. The van der Waals surface area contributed by atoms with Crippen LogP contribution in [0.4, 0.5) is 5.69 Å². The summed E-state index contributed by atoms with van der Waals surface area (Å²) in [4.78, 5) is 6.96. The summed E-state index contributed by atoms with van der Waals surface area (Å²) in [5.41, 5.74) is 4.72. The van der Waals surface area contributed by atoms with Crippen LogP contribution in [0.2, 0.25) is 0 Å². The van der Waals surface area contributed by atoms with Gasteiger partial charge in [-0.3, -0.25) is 15.7 Å². The number of rotatable bonds is 3. The SMILES string of the molecule is NNc1ccnc(CN2CC3CCC2C3)c1. The Morgan fingerprint density at radius 1 is 1.50 bits per heavy atom. The van der Waals surface area contributed by atoms with Crippen molar-refractivity contribution >= 4 is 5.69 Å². The van der Waals surface area contributed by atoms with Gasteiger partial charge < -0.3 is 5.43 Å². The van der Waals surface area contributed by atoms with Crippen LogP contribution in [0.25, 0.3) is 0 Å². The second kappa shape index (κ2) is 4.03. The first-order valence-electron chi connectivity index (χ1n) is 6.01. The highest BCUT2D eigenvalue weighted by molar-refractivity contribution is 5.41. The molecule has 2 atom stereocenters. The largest absolute Gasteiger partial charge is 0.324 e. The first-order valence-corrected chi connectivity index (χ1v) is 6.01. The number of anilines is 1. The van der Waals surface area contributed by atoms with E-state index in [4.69, 9.17) is 5.84 Å². The number of hydrogen-bond donors (Lipinski definition) is 2. The quantitative estimate of drug-likeness (QED) is 0.594. The fraction of sp³-hybridized carbons (Fsp3) is 0.583. The summed E-state index contributed by atoms with van der Waals surface area (Å²) in [7, 11) is 0. The topological polar surface area (TPSA) is 54.2 Å². The number of hydrazine groups is 1. The molecule has 0 amide bonds. The Balaban J connectivity index is 1.69. The van der Waals surface area contributed by atoms with Crippen molar-refractivity contribution in [3.63, 3.8) is 0 Å². The van der Waals surface area contributed by atoms with E-state index < -0.39 is 0 Å². The third-order valence-electron chi connectivity index (χ3n) is 3.87. The molecule has 2 bridgehead atoms. The van der Waals surface area contributed by atoms with E-state index >= 15 is 0 Å². The van der Waals surface area contributed by atoms with Gasteiger partial charge >= 0.3 is 0 Å². The minimum Gasteiger partial charge on any atom is -0.324 e. The predicted octanol–water partition coefficient (Wildman–Crippen LogP) is 1.35. The molecular weight excluding hydrogens is 200 g/mol. The third-order valence-corrected chi connectivity index (χ3v) is 3.87. The van der Waals surface area contributed by atoms with Gasteiger partial charge in [-0.2, -0.15) is 0 Å². The first-order chi connectivity index (χ1) is 7.85. The van der Waals surface area contributed by atoms with Crippen LogP contribution in [0.15, 0.2) is 18.3 Å². The second-order valence-electron chi connectivity index (χ2n) is 4.94. The molecule has 1 saturated carbocycles. The molecule has 86 valence electrons. The lowest BCUT2D eigenvalue weighted by Gasteiger charge is -2.26. The highest BCUT2D eigenvalue weighted by Gasteiger charge is 2.37. The summed E-state index contributed by atoms with van der Waals surface area (Å²) in [6, 6.07) is 4.73. The van der Waals surface area contributed by atoms with Crippen LogP contribution in [-0.4, -0.2) is 22.5 Å². The zero-order chi connectivity index (χ0) is 11.0. The molecule has 3 rings (SSSR count). The fourth-order valence-corrected chi connectivity index (χ4v) is 3.08. The van der Waals surface area contributed by atoms with E-state index in [0.717, 1.165) is 29.9 Å². The lowest BCUT2D eigenvalue weighted by Crippen LogP contribution is -2.31. The number of hydrogen-bond acceptors (Lipinski definition) is 4. The van der Waals surface area contributed by atoms with Gasteiger partial charge in [0.05, 0.1) is 11.4 Å². The maximum absolute atomic E-state index is 5.40. The molecule has 1 aliphatic heterocycles. The Hall–Kier alpha value is -1.13. The maximum Gasteiger partial charge on any atom is 0.0565 e. The van der Waals surface area contributed by atoms with Crippen molar-refractivity contribution in [1.82, 2.24) is 9.88 Å². The van der Waals surface area contributed by atoms with Crippen LogP contribution in [-0.2, 0) is 6.54 Å². The molecule has 2 unspecified atom stereocenters. The van der Waals surface area contributed by atoms with Crippen molar-refractivity contribution in [1.29, 1.82) is 0 Å².